The second-order valence-corrected chi connectivity index (χ2v) is 5.72. The molecule has 1 fully saturated rings. The third-order valence-electron chi connectivity index (χ3n) is 4.14. The number of piperidine rings is 1. The van der Waals surface area contributed by atoms with Crippen molar-refractivity contribution in [1.82, 2.24) is 4.90 Å². The van der Waals surface area contributed by atoms with Gasteiger partial charge in [0.1, 0.15) is 0 Å². The molecule has 0 bridgehead atoms. The van der Waals surface area contributed by atoms with Crippen LogP contribution in [0.5, 0.6) is 0 Å². The molecule has 2 N–H and O–H groups in total. The minimum Gasteiger partial charge on any atom is -0.340 e. The topological polar surface area (TPSA) is 46.3 Å². The van der Waals surface area contributed by atoms with Crippen molar-refractivity contribution in [3.8, 4) is 0 Å². The third-order valence-corrected chi connectivity index (χ3v) is 4.14. The van der Waals surface area contributed by atoms with Gasteiger partial charge in [-0.3, -0.25) is 4.79 Å². The number of nitrogens with zero attached hydrogens (tertiary/aromatic N) is 1. The second kappa shape index (κ2) is 6.20. The molecule has 1 aliphatic heterocycles. The summed E-state index contributed by atoms with van der Waals surface area (Å²) >= 11 is 0. The van der Waals surface area contributed by atoms with Crippen LogP contribution in [0.4, 0.5) is 0 Å². The Morgan fingerprint density at radius 1 is 1.32 bits per heavy atom. The molecule has 19 heavy (non-hydrogen) atoms. The molecule has 1 heterocycles. The van der Waals surface area contributed by atoms with Gasteiger partial charge in [0.05, 0.1) is 6.42 Å². The van der Waals surface area contributed by atoms with E-state index in [9.17, 15) is 4.79 Å². The highest BCUT2D eigenvalue weighted by Crippen LogP contribution is 2.23. The molecule has 1 aromatic rings. The maximum absolute atomic E-state index is 12.4. The van der Waals surface area contributed by atoms with Gasteiger partial charge in [-0.05, 0) is 36.8 Å². The van der Waals surface area contributed by atoms with Crippen molar-refractivity contribution in [2.75, 3.05) is 6.54 Å². The highest BCUT2D eigenvalue weighted by atomic mass is 16.2. The molecular weight excluding hydrogens is 236 g/mol. The molecule has 0 aliphatic carbocycles. The van der Waals surface area contributed by atoms with Gasteiger partial charge in [-0.15, -0.1) is 0 Å². The van der Waals surface area contributed by atoms with Gasteiger partial charge in [0, 0.05) is 19.1 Å². The molecule has 3 heteroatoms. The Balaban J connectivity index is 2.04. The summed E-state index contributed by atoms with van der Waals surface area (Å²) in [7, 11) is 0. The largest absolute Gasteiger partial charge is 0.340 e. The predicted molar refractivity (Wildman–Crippen MR) is 77.6 cm³/mol. The van der Waals surface area contributed by atoms with Crippen LogP contribution in [0.2, 0.25) is 0 Å². The molecule has 1 saturated heterocycles. The van der Waals surface area contributed by atoms with Gasteiger partial charge < -0.3 is 10.6 Å². The van der Waals surface area contributed by atoms with Gasteiger partial charge in [-0.1, -0.05) is 31.2 Å². The van der Waals surface area contributed by atoms with Crippen molar-refractivity contribution >= 4 is 5.91 Å². The Labute approximate surface area is 115 Å². The first-order chi connectivity index (χ1) is 9.11. The highest BCUT2D eigenvalue weighted by molar-refractivity contribution is 5.79. The number of amides is 1. The fraction of sp³-hybridized carbons (Fsp3) is 0.562. The molecule has 3 nitrogen and oxygen atoms in total. The fourth-order valence-electron chi connectivity index (χ4n) is 2.97. The second-order valence-electron chi connectivity index (χ2n) is 5.72. The lowest BCUT2D eigenvalue weighted by Crippen LogP contribution is -2.44. The number of carbonyl (C=O) groups is 1. The summed E-state index contributed by atoms with van der Waals surface area (Å²) in [5.74, 6) is 0.968. The van der Waals surface area contributed by atoms with Crippen molar-refractivity contribution < 1.29 is 4.79 Å². The van der Waals surface area contributed by atoms with Crippen molar-refractivity contribution in [2.45, 2.75) is 45.7 Å². The zero-order chi connectivity index (χ0) is 13.8. The summed E-state index contributed by atoms with van der Waals surface area (Å²) < 4.78 is 0. The molecule has 0 spiro atoms. The van der Waals surface area contributed by atoms with Crippen LogP contribution < -0.4 is 5.73 Å². The van der Waals surface area contributed by atoms with E-state index in [1.807, 2.05) is 29.2 Å². The van der Waals surface area contributed by atoms with Crippen LogP contribution in [0.15, 0.2) is 24.3 Å². The van der Waals surface area contributed by atoms with E-state index in [2.05, 4.69) is 13.8 Å². The standard InChI is InChI=1S/C16H24N2O/c1-12-7-8-18(13(2)9-12)16(19)10-14-5-3-4-6-15(14)11-17/h3-6,12-13H,7-11,17H2,1-2H3. The van der Waals surface area contributed by atoms with Gasteiger partial charge >= 0.3 is 0 Å². The van der Waals surface area contributed by atoms with Crippen molar-refractivity contribution in [3.63, 3.8) is 0 Å². The number of likely N-dealkylation sites (tertiary alicyclic amines) is 1. The molecule has 1 amide bonds. The Hall–Kier alpha value is -1.35. The maximum atomic E-state index is 12.4. The Bertz CT molecular complexity index is 444. The Morgan fingerprint density at radius 3 is 2.63 bits per heavy atom. The van der Waals surface area contributed by atoms with Gasteiger partial charge in [0.2, 0.25) is 5.91 Å². The van der Waals surface area contributed by atoms with Gasteiger partial charge in [-0.2, -0.15) is 0 Å². The van der Waals surface area contributed by atoms with E-state index in [1.54, 1.807) is 0 Å². The molecule has 1 aliphatic rings. The van der Waals surface area contributed by atoms with Crippen LogP contribution in [-0.4, -0.2) is 23.4 Å². The first-order valence-electron chi connectivity index (χ1n) is 7.18. The van der Waals surface area contributed by atoms with Crippen LogP contribution in [0.1, 0.15) is 37.8 Å². The fourth-order valence-corrected chi connectivity index (χ4v) is 2.97. The van der Waals surface area contributed by atoms with Crippen molar-refractivity contribution in [2.24, 2.45) is 11.7 Å². The summed E-state index contributed by atoms with van der Waals surface area (Å²) in [5, 5.41) is 0. The zero-order valence-electron chi connectivity index (χ0n) is 11.9. The number of rotatable bonds is 3. The maximum Gasteiger partial charge on any atom is 0.227 e. The zero-order valence-corrected chi connectivity index (χ0v) is 11.9. The lowest BCUT2D eigenvalue weighted by molar-refractivity contribution is -0.134. The first-order valence-corrected chi connectivity index (χ1v) is 7.18. The predicted octanol–water partition coefficient (Wildman–Crippen LogP) is 2.33. The first kappa shape index (κ1) is 14.1. The lowest BCUT2D eigenvalue weighted by atomic mass is 9.92. The van der Waals surface area contributed by atoms with Gasteiger partial charge in [0.25, 0.3) is 0 Å². The van der Waals surface area contributed by atoms with Crippen molar-refractivity contribution in [3.05, 3.63) is 35.4 Å². The van der Waals surface area contributed by atoms with Gasteiger partial charge in [0.15, 0.2) is 0 Å². The van der Waals surface area contributed by atoms with E-state index in [4.69, 9.17) is 5.73 Å². The van der Waals surface area contributed by atoms with E-state index in [-0.39, 0.29) is 5.91 Å². The van der Waals surface area contributed by atoms with E-state index in [1.165, 1.54) is 0 Å². The van der Waals surface area contributed by atoms with Crippen LogP contribution in [-0.2, 0) is 17.8 Å². The average molecular weight is 260 g/mol. The van der Waals surface area contributed by atoms with Crippen LogP contribution in [0.3, 0.4) is 0 Å². The third kappa shape index (κ3) is 3.35. The molecule has 0 radical (unpaired) electrons. The van der Waals surface area contributed by atoms with E-state index < -0.39 is 0 Å². The SMILES string of the molecule is CC1CCN(C(=O)Cc2ccccc2CN)C(C)C1. The summed E-state index contributed by atoms with van der Waals surface area (Å²) in [5.41, 5.74) is 7.87. The van der Waals surface area contributed by atoms with E-state index >= 15 is 0 Å². The van der Waals surface area contributed by atoms with E-state index in [0.717, 1.165) is 36.4 Å². The molecule has 2 unspecified atom stereocenters. The molecule has 0 aromatic heterocycles. The average Bonchev–Trinajstić information content (AvgIpc) is 2.39. The molecule has 0 saturated carbocycles. The monoisotopic (exact) mass is 260 g/mol. The summed E-state index contributed by atoms with van der Waals surface area (Å²) in [4.78, 5) is 14.5. The number of hydrogen-bond acceptors (Lipinski definition) is 2. The Kier molecular flexibility index (Phi) is 4.59. The summed E-state index contributed by atoms with van der Waals surface area (Å²) in [6, 6.07) is 8.33. The minimum atomic E-state index is 0.236. The smallest absolute Gasteiger partial charge is 0.227 e. The molecular formula is C16H24N2O. The summed E-state index contributed by atoms with van der Waals surface area (Å²) in [6.07, 6.45) is 2.71. The molecule has 1 aromatic carbocycles. The number of hydrogen-bond donors (Lipinski definition) is 1. The lowest BCUT2D eigenvalue weighted by Gasteiger charge is -2.36. The molecule has 2 atom stereocenters. The number of nitrogens with two attached hydrogens (primary N) is 1. The minimum absolute atomic E-state index is 0.236. The number of benzene rings is 1. The van der Waals surface area contributed by atoms with Crippen LogP contribution in [0, 0.1) is 5.92 Å². The quantitative estimate of drug-likeness (QED) is 0.906. The van der Waals surface area contributed by atoms with Crippen LogP contribution >= 0.6 is 0 Å². The van der Waals surface area contributed by atoms with Crippen molar-refractivity contribution in [1.29, 1.82) is 0 Å². The summed E-state index contributed by atoms with van der Waals surface area (Å²) in [6.45, 7) is 5.81. The normalized spacial score (nSPS) is 23.4. The van der Waals surface area contributed by atoms with Gasteiger partial charge in [-0.25, -0.2) is 0 Å². The van der Waals surface area contributed by atoms with E-state index in [0.29, 0.717) is 19.0 Å². The number of carbonyl (C=O) groups excluding carboxylic acids is 1. The van der Waals surface area contributed by atoms with Crippen LogP contribution in [0.25, 0.3) is 0 Å². The molecule has 2 rings (SSSR count). The molecule has 104 valence electrons. The Morgan fingerprint density at radius 2 is 2.00 bits per heavy atom. The highest BCUT2D eigenvalue weighted by Gasteiger charge is 2.26.